The third-order valence-electron chi connectivity index (χ3n) is 2.63. The maximum Gasteiger partial charge on any atom is 0.174 e. The van der Waals surface area contributed by atoms with E-state index in [4.69, 9.17) is 45.9 Å². The number of para-hydroxylation sites is 1. The van der Waals surface area contributed by atoms with Crippen molar-refractivity contribution in [3.05, 3.63) is 63.4 Å². The van der Waals surface area contributed by atoms with Crippen LogP contribution < -0.4 is 10.5 Å². The lowest BCUT2D eigenvalue weighted by molar-refractivity contribution is 0.290. The van der Waals surface area contributed by atoms with Gasteiger partial charge in [-0.2, -0.15) is 0 Å². The molecule has 0 amide bonds. The Bertz CT molecular complexity index is 643. The van der Waals surface area contributed by atoms with Crippen LogP contribution in [0.4, 0.5) is 4.39 Å². The van der Waals surface area contributed by atoms with Gasteiger partial charge in [-0.05, 0) is 18.2 Å². The Morgan fingerprint density at radius 3 is 2.55 bits per heavy atom. The molecular weight excluding hydrogens is 320 g/mol. The summed E-state index contributed by atoms with van der Waals surface area (Å²) < 4.78 is 18.9. The zero-order valence-electron chi connectivity index (χ0n) is 10.2. The molecule has 0 aliphatic rings. The van der Waals surface area contributed by atoms with Gasteiger partial charge >= 0.3 is 0 Å². The Kier molecular flexibility index (Phi) is 4.81. The molecule has 0 bridgehead atoms. The molecule has 0 saturated carbocycles. The van der Waals surface area contributed by atoms with Gasteiger partial charge in [0.25, 0.3) is 0 Å². The summed E-state index contributed by atoms with van der Waals surface area (Å²) >= 11 is 16.8. The van der Waals surface area contributed by atoms with Crippen LogP contribution in [0.1, 0.15) is 11.1 Å². The fraction of sp³-hybridized carbons (Fsp3) is 0.0714. The largest absolute Gasteiger partial charge is 0.484 e. The summed E-state index contributed by atoms with van der Waals surface area (Å²) in [5.41, 5.74) is 6.86. The molecule has 104 valence electrons. The van der Waals surface area contributed by atoms with Crippen LogP contribution in [0, 0.1) is 5.82 Å². The van der Waals surface area contributed by atoms with Gasteiger partial charge in [-0.1, -0.05) is 53.6 Å². The zero-order valence-corrected chi connectivity index (χ0v) is 12.5. The van der Waals surface area contributed by atoms with E-state index in [2.05, 4.69) is 0 Å². The molecule has 0 atom stereocenters. The highest BCUT2D eigenvalue weighted by molar-refractivity contribution is 7.80. The molecule has 20 heavy (non-hydrogen) atoms. The van der Waals surface area contributed by atoms with E-state index in [0.717, 1.165) is 0 Å². The van der Waals surface area contributed by atoms with Crippen LogP contribution in [0.15, 0.2) is 36.4 Å². The first kappa shape index (κ1) is 15.0. The molecule has 2 N–H and O–H groups in total. The predicted molar refractivity (Wildman–Crippen MR) is 83.1 cm³/mol. The molecule has 0 heterocycles. The van der Waals surface area contributed by atoms with Gasteiger partial charge in [0.2, 0.25) is 0 Å². The van der Waals surface area contributed by atoms with E-state index in [0.29, 0.717) is 16.1 Å². The Balaban J connectivity index is 2.17. The average Bonchev–Trinajstić information content (AvgIpc) is 2.39. The maximum atomic E-state index is 13.5. The minimum atomic E-state index is -0.520. The van der Waals surface area contributed by atoms with E-state index >= 15 is 0 Å². The van der Waals surface area contributed by atoms with Crippen LogP contribution in [0.3, 0.4) is 0 Å². The second-order valence-corrected chi connectivity index (χ2v) is 5.26. The van der Waals surface area contributed by atoms with Gasteiger partial charge in [-0.25, -0.2) is 4.39 Å². The van der Waals surface area contributed by atoms with Crippen molar-refractivity contribution in [1.82, 2.24) is 0 Å². The van der Waals surface area contributed by atoms with Gasteiger partial charge in [0.1, 0.15) is 11.6 Å². The standard InChI is InChI=1S/C14H10Cl2FNOS/c15-10-2-1-3-12(17)13(10)19-7-9-5-4-8(14(18)20)6-11(9)16/h1-6H,7H2,(H2,18,20). The highest BCUT2D eigenvalue weighted by atomic mass is 35.5. The Morgan fingerprint density at radius 2 is 1.95 bits per heavy atom. The summed E-state index contributed by atoms with van der Waals surface area (Å²) in [6.07, 6.45) is 0. The van der Waals surface area contributed by atoms with Gasteiger partial charge in [-0.15, -0.1) is 0 Å². The average molecular weight is 330 g/mol. The monoisotopic (exact) mass is 329 g/mol. The van der Waals surface area contributed by atoms with E-state index in [-0.39, 0.29) is 22.4 Å². The lowest BCUT2D eigenvalue weighted by Gasteiger charge is -2.10. The number of hydrogen-bond acceptors (Lipinski definition) is 2. The number of hydrogen-bond donors (Lipinski definition) is 1. The fourth-order valence-electron chi connectivity index (χ4n) is 1.59. The first-order valence-corrected chi connectivity index (χ1v) is 6.80. The smallest absolute Gasteiger partial charge is 0.174 e. The first-order valence-electron chi connectivity index (χ1n) is 5.64. The van der Waals surface area contributed by atoms with Crippen LogP contribution in [-0.2, 0) is 6.61 Å². The second-order valence-electron chi connectivity index (χ2n) is 4.01. The van der Waals surface area contributed by atoms with E-state index in [1.165, 1.54) is 12.1 Å². The predicted octanol–water partition coefficient (Wildman–Crippen LogP) is 4.35. The molecule has 2 rings (SSSR count). The minimum absolute atomic E-state index is 0.00338. The molecule has 0 aliphatic carbocycles. The first-order chi connectivity index (χ1) is 9.49. The molecule has 2 aromatic carbocycles. The quantitative estimate of drug-likeness (QED) is 0.847. The number of rotatable bonds is 4. The molecule has 0 spiro atoms. The van der Waals surface area contributed by atoms with Crippen LogP contribution in [-0.4, -0.2) is 4.99 Å². The second kappa shape index (κ2) is 6.39. The van der Waals surface area contributed by atoms with Gasteiger partial charge in [-0.3, -0.25) is 0 Å². The van der Waals surface area contributed by atoms with Crippen LogP contribution in [0.2, 0.25) is 10.0 Å². The van der Waals surface area contributed by atoms with Gasteiger partial charge < -0.3 is 10.5 Å². The molecule has 0 radical (unpaired) electrons. The van der Waals surface area contributed by atoms with Crippen molar-refractivity contribution < 1.29 is 9.13 Å². The third-order valence-corrected chi connectivity index (χ3v) is 3.51. The normalized spacial score (nSPS) is 10.3. The van der Waals surface area contributed by atoms with E-state index in [1.54, 1.807) is 24.3 Å². The topological polar surface area (TPSA) is 35.2 Å². The molecular formula is C14H10Cl2FNOS. The van der Waals surface area contributed by atoms with Crippen molar-refractivity contribution in [2.45, 2.75) is 6.61 Å². The van der Waals surface area contributed by atoms with Crippen molar-refractivity contribution in [3.8, 4) is 5.75 Å². The third kappa shape index (κ3) is 3.39. The highest BCUT2D eigenvalue weighted by Gasteiger charge is 2.10. The van der Waals surface area contributed by atoms with E-state index in [1.807, 2.05) is 0 Å². The van der Waals surface area contributed by atoms with Crippen molar-refractivity contribution >= 4 is 40.4 Å². The van der Waals surface area contributed by atoms with Crippen LogP contribution in [0.5, 0.6) is 5.75 Å². The summed E-state index contributed by atoms with van der Waals surface area (Å²) in [5, 5.41) is 0.656. The molecule has 2 nitrogen and oxygen atoms in total. The highest BCUT2D eigenvalue weighted by Crippen LogP contribution is 2.29. The summed E-state index contributed by atoms with van der Waals surface area (Å²) in [7, 11) is 0. The SMILES string of the molecule is NC(=S)c1ccc(COc2c(F)cccc2Cl)c(Cl)c1. The lowest BCUT2D eigenvalue weighted by atomic mass is 10.1. The number of halogens is 3. The number of thiocarbonyl (C=S) groups is 1. The maximum absolute atomic E-state index is 13.5. The van der Waals surface area contributed by atoms with Crippen LogP contribution in [0.25, 0.3) is 0 Å². The Labute approximate surface area is 131 Å². The molecule has 0 fully saturated rings. The van der Waals surface area contributed by atoms with Gasteiger partial charge in [0, 0.05) is 16.1 Å². The van der Waals surface area contributed by atoms with Crippen molar-refractivity contribution in [2.24, 2.45) is 5.73 Å². The van der Waals surface area contributed by atoms with Crippen molar-refractivity contribution in [3.63, 3.8) is 0 Å². The van der Waals surface area contributed by atoms with Crippen LogP contribution >= 0.6 is 35.4 Å². The molecule has 0 saturated heterocycles. The molecule has 0 unspecified atom stereocenters. The lowest BCUT2D eigenvalue weighted by Crippen LogP contribution is -2.09. The molecule has 0 aromatic heterocycles. The number of ether oxygens (including phenoxy) is 1. The Morgan fingerprint density at radius 1 is 1.20 bits per heavy atom. The molecule has 2 aromatic rings. The summed E-state index contributed by atoms with van der Waals surface area (Å²) in [5.74, 6) is -0.517. The molecule has 6 heteroatoms. The Hall–Kier alpha value is -1.36. The van der Waals surface area contributed by atoms with Crippen molar-refractivity contribution in [2.75, 3.05) is 0 Å². The minimum Gasteiger partial charge on any atom is -0.484 e. The van der Waals surface area contributed by atoms with Gasteiger partial charge in [0.15, 0.2) is 11.6 Å². The fourth-order valence-corrected chi connectivity index (χ4v) is 2.17. The molecule has 0 aliphatic heterocycles. The summed E-state index contributed by atoms with van der Waals surface area (Å²) in [6.45, 7) is 0.0943. The number of benzene rings is 2. The summed E-state index contributed by atoms with van der Waals surface area (Å²) in [6, 6.07) is 9.44. The zero-order chi connectivity index (χ0) is 14.7. The van der Waals surface area contributed by atoms with E-state index < -0.39 is 5.82 Å². The summed E-state index contributed by atoms with van der Waals surface area (Å²) in [4.78, 5) is 0.261. The van der Waals surface area contributed by atoms with Gasteiger partial charge in [0.05, 0.1) is 5.02 Å². The van der Waals surface area contributed by atoms with Crippen molar-refractivity contribution in [1.29, 1.82) is 0 Å². The number of nitrogens with two attached hydrogens (primary N) is 1. The van der Waals surface area contributed by atoms with E-state index in [9.17, 15) is 4.39 Å².